The summed E-state index contributed by atoms with van der Waals surface area (Å²) in [5.41, 5.74) is -0.644. The van der Waals surface area contributed by atoms with Crippen molar-refractivity contribution in [2.24, 2.45) is 0 Å². The molecule has 19 heavy (non-hydrogen) atoms. The van der Waals surface area contributed by atoms with Crippen molar-refractivity contribution >= 4 is 11.8 Å². The van der Waals surface area contributed by atoms with Crippen LogP contribution in [0.1, 0.15) is 11.5 Å². The number of rotatable bonds is 4. The number of halogens is 2. The fourth-order valence-corrected chi connectivity index (χ4v) is 1.57. The molecule has 0 bridgehead atoms. The van der Waals surface area contributed by atoms with Gasteiger partial charge in [0.25, 0.3) is 11.1 Å². The van der Waals surface area contributed by atoms with E-state index in [1.807, 2.05) is 0 Å². The smallest absolute Gasteiger partial charge is 0.276 e. The van der Waals surface area contributed by atoms with E-state index in [9.17, 15) is 8.78 Å². The van der Waals surface area contributed by atoms with Gasteiger partial charge < -0.3 is 9.15 Å². The molecule has 8 heteroatoms. The summed E-state index contributed by atoms with van der Waals surface area (Å²) >= 11 is 1.27. The van der Waals surface area contributed by atoms with Crippen LogP contribution in [0.3, 0.4) is 0 Å². The molecule has 0 fully saturated rings. The lowest BCUT2D eigenvalue weighted by molar-refractivity contribution is 0.250. The Bertz CT molecular complexity index is 616. The third-order valence-electron chi connectivity index (χ3n) is 2.11. The van der Waals surface area contributed by atoms with Crippen molar-refractivity contribution in [3.8, 4) is 11.8 Å². The van der Waals surface area contributed by atoms with E-state index in [1.165, 1.54) is 17.8 Å². The van der Waals surface area contributed by atoms with Gasteiger partial charge in [-0.25, -0.2) is 8.78 Å². The largest absolute Gasteiger partial charge is 0.484 e. The van der Waals surface area contributed by atoms with Crippen molar-refractivity contribution < 1.29 is 17.9 Å². The zero-order valence-corrected chi connectivity index (χ0v) is 10.5. The number of hydrogen-bond acceptors (Lipinski definition) is 6. The van der Waals surface area contributed by atoms with Crippen molar-refractivity contribution in [2.45, 2.75) is 11.8 Å². The SMILES string of the molecule is CSc1nnc(COc2cc(F)c(C#N)c(F)c2)o1. The summed E-state index contributed by atoms with van der Waals surface area (Å²) in [7, 11) is 0. The van der Waals surface area contributed by atoms with Gasteiger partial charge >= 0.3 is 0 Å². The quantitative estimate of drug-likeness (QED) is 0.803. The molecule has 5 nitrogen and oxygen atoms in total. The molecule has 0 radical (unpaired) electrons. The zero-order chi connectivity index (χ0) is 13.8. The zero-order valence-electron chi connectivity index (χ0n) is 9.68. The van der Waals surface area contributed by atoms with Crippen LogP contribution in [0.5, 0.6) is 5.75 Å². The Kier molecular flexibility index (Phi) is 3.97. The fraction of sp³-hybridized carbons (Fsp3) is 0.182. The average Bonchev–Trinajstić information content (AvgIpc) is 2.84. The Hall–Kier alpha value is -2.14. The Morgan fingerprint density at radius 1 is 1.37 bits per heavy atom. The minimum absolute atomic E-state index is 0.0575. The maximum absolute atomic E-state index is 13.3. The minimum Gasteiger partial charge on any atom is -0.484 e. The van der Waals surface area contributed by atoms with E-state index in [0.29, 0.717) is 5.22 Å². The summed E-state index contributed by atoms with van der Waals surface area (Å²) in [5.74, 6) is -1.83. The Morgan fingerprint density at radius 2 is 2.05 bits per heavy atom. The third-order valence-corrected chi connectivity index (χ3v) is 2.63. The maximum Gasteiger partial charge on any atom is 0.276 e. The van der Waals surface area contributed by atoms with Crippen LogP contribution < -0.4 is 4.74 Å². The highest BCUT2D eigenvalue weighted by atomic mass is 32.2. The highest BCUT2D eigenvalue weighted by Gasteiger charge is 2.12. The predicted octanol–water partition coefficient (Wildman–Crippen LogP) is 2.52. The van der Waals surface area contributed by atoms with Crippen LogP contribution in [-0.4, -0.2) is 16.5 Å². The average molecular weight is 283 g/mol. The number of aromatic nitrogens is 2. The number of ether oxygens (including phenoxy) is 1. The van der Waals surface area contributed by atoms with Crippen LogP contribution in [0.2, 0.25) is 0 Å². The monoisotopic (exact) mass is 283 g/mol. The first-order valence-corrected chi connectivity index (χ1v) is 6.25. The maximum atomic E-state index is 13.3. The molecule has 2 rings (SSSR count). The molecule has 0 atom stereocenters. The normalized spacial score (nSPS) is 10.2. The molecule has 0 amide bonds. The topological polar surface area (TPSA) is 71.9 Å². The van der Waals surface area contributed by atoms with E-state index < -0.39 is 17.2 Å². The van der Waals surface area contributed by atoms with Gasteiger partial charge in [0.2, 0.25) is 0 Å². The van der Waals surface area contributed by atoms with Crippen molar-refractivity contribution in [2.75, 3.05) is 6.26 Å². The van der Waals surface area contributed by atoms with Gasteiger partial charge in [-0.1, -0.05) is 11.8 Å². The van der Waals surface area contributed by atoms with Crippen molar-refractivity contribution in [1.29, 1.82) is 5.26 Å². The van der Waals surface area contributed by atoms with E-state index >= 15 is 0 Å². The summed E-state index contributed by atoms with van der Waals surface area (Å²) in [6.07, 6.45) is 1.77. The summed E-state index contributed by atoms with van der Waals surface area (Å²) in [4.78, 5) is 0. The summed E-state index contributed by atoms with van der Waals surface area (Å²) in [6, 6.07) is 3.27. The lowest BCUT2D eigenvalue weighted by atomic mass is 10.2. The number of benzene rings is 1. The molecule has 1 aromatic heterocycles. The molecule has 0 unspecified atom stereocenters. The molecule has 0 spiro atoms. The first-order valence-electron chi connectivity index (χ1n) is 5.02. The van der Waals surface area contributed by atoms with Crippen LogP contribution in [0.15, 0.2) is 21.8 Å². The molecule has 0 aliphatic carbocycles. The van der Waals surface area contributed by atoms with Crippen molar-refractivity contribution in [1.82, 2.24) is 10.2 Å². The second-order valence-corrected chi connectivity index (χ2v) is 4.09. The molecule has 0 aliphatic heterocycles. The number of nitrogens with zero attached hydrogens (tertiary/aromatic N) is 3. The Morgan fingerprint density at radius 3 is 2.58 bits per heavy atom. The van der Waals surface area contributed by atoms with Gasteiger partial charge in [-0.3, -0.25) is 0 Å². The number of hydrogen-bond donors (Lipinski definition) is 0. The van der Waals surface area contributed by atoms with E-state index in [2.05, 4.69) is 10.2 Å². The van der Waals surface area contributed by atoms with Crippen molar-refractivity contribution in [3.63, 3.8) is 0 Å². The molecule has 98 valence electrons. The molecule has 0 N–H and O–H groups in total. The van der Waals surface area contributed by atoms with E-state index in [0.717, 1.165) is 12.1 Å². The van der Waals surface area contributed by atoms with Crippen LogP contribution in [-0.2, 0) is 6.61 Å². The highest BCUT2D eigenvalue weighted by Crippen LogP contribution is 2.21. The predicted molar refractivity (Wildman–Crippen MR) is 61.5 cm³/mol. The first kappa shape index (κ1) is 13.3. The molecular weight excluding hydrogens is 276 g/mol. The molecule has 1 aromatic carbocycles. The summed E-state index contributed by atoms with van der Waals surface area (Å²) in [5, 5.41) is 16.3. The molecule has 0 aliphatic rings. The molecule has 0 saturated heterocycles. The standard InChI is InChI=1S/C11H7F2N3O2S/c1-19-11-16-15-10(18-11)5-17-6-2-8(12)7(4-14)9(13)3-6/h2-3H,5H2,1H3. The molecule has 0 saturated carbocycles. The summed E-state index contributed by atoms with van der Waals surface area (Å²) < 4.78 is 36.8. The van der Waals surface area contributed by atoms with Gasteiger partial charge in [-0.15, -0.1) is 10.2 Å². The highest BCUT2D eigenvalue weighted by molar-refractivity contribution is 7.98. The van der Waals surface area contributed by atoms with Crippen LogP contribution in [0.25, 0.3) is 0 Å². The lowest BCUT2D eigenvalue weighted by Crippen LogP contribution is -1.98. The molecule has 1 heterocycles. The van der Waals surface area contributed by atoms with Crippen LogP contribution in [0.4, 0.5) is 8.78 Å². The fourth-order valence-electron chi connectivity index (χ4n) is 1.26. The number of thioether (sulfide) groups is 1. The Balaban J connectivity index is 2.10. The van der Waals surface area contributed by atoms with Crippen LogP contribution in [0, 0.1) is 23.0 Å². The second-order valence-electron chi connectivity index (χ2n) is 3.33. The lowest BCUT2D eigenvalue weighted by Gasteiger charge is -2.04. The van der Waals surface area contributed by atoms with E-state index in [4.69, 9.17) is 14.4 Å². The van der Waals surface area contributed by atoms with E-state index in [1.54, 1.807) is 6.26 Å². The van der Waals surface area contributed by atoms with Gasteiger partial charge in [0, 0.05) is 12.1 Å². The van der Waals surface area contributed by atoms with Crippen LogP contribution >= 0.6 is 11.8 Å². The minimum atomic E-state index is -0.979. The summed E-state index contributed by atoms with van der Waals surface area (Å²) in [6.45, 7) is -0.113. The van der Waals surface area contributed by atoms with Gasteiger partial charge in [-0.05, 0) is 6.26 Å². The number of nitriles is 1. The van der Waals surface area contributed by atoms with Gasteiger partial charge in [0.15, 0.2) is 6.61 Å². The molecular formula is C11H7F2N3O2S. The first-order chi connectivity index (χ1) is 9.13. The van der Waals surface area contributed by atoms with Gasteiger partial charge in [0.1, 0.15) is 29.0 Å². The van der Waals surface area contributed by atoms with E-state index in [-0.39, 0.29) is 18.2 Å². The molecule has 2 aromatic rings. The second kappa shape index (κ2) is 5.67. The van der Waals surface area contributed by atoms with Crippen molar-refractivity contribution in [3.05, 3.63) is 35.2 Å². The van der Waals surface area contributed by atoms with Gasteiger partial charge in [-0.2, -0.15) is 5.26 Å². The third kappa shape index (κ3) is 3.00. The Labute approximate surface area is 111 Å². The van der Waals surface area contributed by atoms with Gasteiger partial charge in [0.05, 0.1) is 0 Å².